The number of carbonyl (C=O) groups excluding carboxylic acids is 1. The van der Waals surface area contributed by atoms with Gasteiger partial charge in [0.15, 0.2) is 0 Å². The lowest BCUT2D eigenvalue weighted by Crippen LogP contribution is -2.29. The molecule has 1 amide bonds. The number of benzene rings is 2. The average Bonchev–Trinajstić information content (AvgIpc) is 3.06. The molecule has 0 radical (unpaired) electrons. The largest absolute Gasteiger partial charge is 0.367 e. The molecule has 29 heavy (non-hydrogen) atoms. The van der Waals surface area contributed by atoms with Crippen LogP contribution in [0.25, 0.3) is 5.57 Å². The van der Waals surface area contributed by atoms with Crippen LogP contribution < -0.4 is 10.6 Å². The van der Waals surface area contributed by atoms with E-state index in [1.807, 2.05) is 48.8 Å². The van der Waals surface area contributed by atoms with E-state index in [1.54, 1.807) is 0 Å². The molecule has 0 bridgehead atoms. The fourth-order valence-electron chi connectivity index (χ4n) is 3.94. The lowest BCUT2D eigenvalue weighted by Gasteiger charge is -2.22. The van der Waals surface area contributed by atoms with Crippen molar-refractivity contribution in [2.45, 2.75) is 31.7 Å². The SMILES string of the molecule is O=C(CCC1=CCCc2ccccc21)NC(C1=CNC=CC=C1)c1ccccc1. The molecule has 2 aromatic rings. The van der Waals surface area contributed by atoms with Gasteiger partial charge in [-0.3, -0.25) is 4.79 Å². The molecule has 4 rings (SSSR count). The Labute approximate surface area is 172 Å². The van der Waals surface area contributed by atoms with Crippen molar-refractivity contribution in [2.24, 2.45) is 0 Å². The van der Waals surface area contributed by atoms with Crippen molar-refractivity contribution < 1.29 is 4.79 Å². The van der Waals surface area contributed by atoms with E-state index in [0.29, 0.717) is 6.42 Å². The number of amides is 1. The number of nitrogens with one attached hydrogen (secondary N) is 2. The molecule has 1 aliphatic carbocycles. The van der Waals surface area contributed by atoms with E-state index >= 15 is 0 Å². The molecule has 0 saturated carbocycles. The Hall–Kier alpha value is -3.33. The van der Waals surface area contributed by atoms with E-state index in [2.05, 4.69) is 53.1 Å². The first-order chi connectivity index (χ1) is 14.3. The van der Waals surface area contributed by atoms with Crippen molar-refractivity contribution in [1.29, 1.82) is 0 Å². The Morgan fingerprint density at radius 3 is 2.76 bits per heavy atom. The van der Waals surface area contributed by atoms with Crippen LogP contribution in [0.4, 0.5) is 0 Å². The second-order valence-corrected chi connectivity index (χ2v) is 7.37. The number of fused-ring (bicyclic) bond motifs is 1. The lowest BCUT2D eigenvalue weighted by atomic mass is 9.88. The van der Waals surface area contributed by atoms with Gasteiger partial charge in [0.1, 0.15) is 0 Å². The number of carbonyl (C=O) groups is 1. The summed E-state index contributed by atoms with van der Waals surface area (Å²) in [7, 11) is 0. The first-order valence-corrected chi connectivity index (χ1v) is 10.2. The Kier molecular flexibility index (Phi) is 6.06. The van der Waals surface area contributed by atoms with Gasteiger partial charge in [-0.2, -0.15) is 0 Å². The molecule has 1 unspecified atom stereocenters. The minimum Gasteiger partial charge on any atom is -0.367 e. The minimum absolute atomic E-state index is 0.0642. The van der Waals surface area contributed by atoms with E-state index in [1.165, 1.54) is 16.7 Å². The fraction of sp³-hybridized carbons (Fsp3) is 0.192. The first kappa shape index (κ1) is 19.0. The van der Waals surface area contributed by atoms with Crippen LogP contribution in [0.2, 0.25) is 0 Å². The van der Waals surface area contributed by atoms with Crippen LogP contribution in [0, 0.1) is 0 Å². The molecule has 2 N–H and O–H groups in total. The summed E-state index contributed by atoms with van der Waals surface area (Å²) in [6, 6.07) is 18.5. The third kappa shape index (κ3) is 4.75. The van der Waals surface area contributed by atoms with E-state index in [0.717, 1.165) is 30.4 Å². The molecule has 1 heterocycles. The van der Waals surface area contributed by atoms with Crippen LogP contribution in [-0.2, 0) is 11.2 Å². The number of aryl methyl sites for hydroxylation is 1. The topological polar surface area (TPSA) is 41.1 Å². The van der Waals surface area contributed by atoms with Crippen molar-refractivity contribution >= 4 is 11.5 Å². The van der Waals surface area contributed by atoms with Crippen molar-refractivity contribution in [2.75, 3.05) is 0 Å². The van der Waals surface area contributed by atoms with Crippen molar-refractivity contribution in [3.63, 3.8) is 0 Å². The summed E-state index contributed by atoms with van der Waals surface area (Å²) in [6.07, 6.45) is 15.5. The van der Waals surface area contributed by atoms with Crippen molar-refractivity contribution in [3.8, 4) is 0 Å². The summed E-state index contributed by atoms with van der Waals surface area (Å²) in [5.41, 5.74) is 6.08. The van der Waals surface area contributed by atoms with Gasteiger partial charge >= 0.3 is 0 Å². The number of hydrogen-bond donors (Lipinski definition) is 2. The third-order valence-electron chi connectivity index (χ3n) is 5.40. The summed E-state index contributed by atoms with van der Waals surface area (Å²) >= 11 is 0. The second kappa shape index (κ2) is 9.24. The molecule has 2 aromatic carbocycles. The molecule has 3 heteroatoms. The second-order valence-electron chi connectivity index (χ2n) is 7.37. The highest BCUT2D eigenvalue weighted by atomic mass is 16.1. The van der Waals surface area contributed by atoms with E-state index in [-0.39, 0.29) is 11.9 Å². The highest BCUT2D eigenvalue weighted by Crippen LogP contribution is 2.30. The van der Waals surface area contributed by atoms with Crippen LogP contribution in [0.15, 0.2) is 96.9 Å². The molecule has 0 saturated heterocycles. The Balaban J connectivity index is 1.46. The Morgan fingerprint density at radius 2 is 1.86 bits per heavy atom. The molecule has 2 aliphatic rings. The maximum absolute atomic E-state index is 12.9. The number of allylic oxidation sites excluding steroid dienone is 4. The number of rotatable bonds is 6. The van der Waals surface area contributed by atoms with Crippen LogP contribution in [-0.4, -0.2) is 5.91 Å². The van der Waals surface area contributed by atoms with Gasteiger partial charge < -0.3 is 10.6 Å². The van der Waals surface area contributed by atoms with Crippen LogP contribution in [0.1, 0.15) is 42.0 Å². The van der Waals surface area contributed by atoms with E-state index < -0.39 is 0 Å². The highest BCUT2D eigenvalue weighted by molar-refractivity contribution is 5.80. The quantitative estimate of drug-likeness (QED) is 0.720. The standard InChI is InChI=1S/C26H26N2O/c29-25(17-16-21-14-8-13-20-9-4-5-15-24(20)21)28-26(22-10-2-1-3-11-22)23-12-6-7-18-27-19-23/h1-7,9-12,14-15,18-19,26-27H,8,13,16-17H2,(H,28,29). The predicted octanol–water partition coefficient (Wildman–Crippen LogP) is 5.21. The lowest BCUT2D eigenvalue weighted by molar-refractivity contribution is -0.121. The maximum atomic E-state index is 12.9. The first-order valence-electron chi connectivity index (χ1n) is 10.2. The maximum Gasteiger partial charge on any atom is 0.221 e. The molecule has 1 aliphatic heterocycles. The van der Waals surface area contributed by atoms with Gasteiger partial charge in [0.2, 0.25) is 5.91 Å². The summed E-state index contributed by atoms with van der Waals surface area (Å²) in [6.45, 7) is 0. The van der Waals surface area contributed by atoms with Crippen LogP contribution in [0.5, 0.6) is 0 Å². The van der Waals surface area contributed by atoms with Crippen molar-refractivity contribution in [3.05, 3.63) is 114 Å². The van der Waals surface area contributed by atoms with Crippen LogP contribution in [0.3, 0.4) is 0 Å². The molecular weight excluding hydrogens is 356 g/mol. The van der Waals surface area contributed by atoms with Gasteiger partial charge in [-0.1, -0.05) is 72.8 Å². The van der Waals surface area contributed by atoms with Gasteiger partial charge in [0, 0.05) is 18.8 Å². The van der Waals surface area contributed by atoms with E-state index in [4.69, 9.17) is 0 Å². The molecule has 146 valence electrons. The summed E-state index contributed by atoms with van der Waals surface area (Å²) in [5.74, 6) is 0.0642. The molecule has 0 spiro atoms. The predicted molar refractivity (Wildman–Crippen MR) is 119 cm³/mol. The summed E-state index contributed by atoms with van der Waals surface area (Å²) in [5, 5.41) is 6.39. The van der Waals surface area contributed by atoms with Crippen molar-refractivity contribution in [1.82, 2.24) is 10.6 Å². The van der Waals surface area contributed by atoms with Crippen LogP contribution >= 0.6 is 0 Å². The monoisotopic (exact) mass is 382 g/mol. The fourth-order valence-corrected chi connectivity index (χ4v) is 3.94. The zero-order valence-corrected chi connectivity index (χ0v) is 16.5. The van der Waals surface area contributed by atoms with Gasteiger partial charge in [-0.05, 0) is 53.2 Å². The van der Waals surface area contributed by atoms with Gasteiger partial charge in [-0.25, -0.2) is 0 Å². The normalized spacial score (nSPS) is 16.0. The highest BCUT2D eigenvalue weighted by Gasteiger charge is 2.19. The molecule has 0 aromatic heterocycles. The zero-order valence-electron chi connectivity index (χ0n) is 16.5. The molecule has 1 atom stereocenters. The molecule has 0 fully saturated rings. The zero-order chi connectivity index (χ0) is 19.9. The smallest absolute Gasteiger partial charge is 0.221 e. The third-order valence-corrected chi connectivity index (χ3v) is 5.40. The average molecular weight is 383 g/mol. The summed E-state index contributed by atoms with van der Waals surface area (Å²) in [4.78, 5) is 12.9. The molecular formula is C26H26N2O. The van der Waals surface area contributed by atoms with Gasteiger partial charge in [-0.15, -0.1) is 0 Å². The van der Waals surface area contributed by atoms with Gasteiger partial charge in [0.25, 0.3) is 0 Å². The Morgan fingerprint density at radius 1 is 1.03 bits per heavy atom. The van der Waals surface area contributed by atoms with Gasteiger partial charge in [0.05, 0.1) is 6.04 Å². The van der Waals surface area contributed by atoms with E-state index in [9.17, 15) is 4.79 Å². The number of hydrogen-bond acceptors (Lipinski definition) is 2. The molecule has 3 nitrogen and oxygen atoms in total. The summed E-state index contributed by atoms with van der Waals surface area (Å²) < 4.78 is 0. The Bertz CT molecular complexity index is 983. The minimum atomic E-state index is -0.181.